The van der Waals surface area contributed by atoms with E-state index >= 15 is 0 Å². The van der Waals surface area contributed by atoms with Crippen LogP contribution in [0.2, 0.25) is 0 Å². The molecule has 0 radical (unpaired) electrons. The molecule has 0 aliphatic rings. The number of benzene rings is 1. The van der Waals surface area contributed by atoms with Gasteiger partial charge in [0.25, 0.3) is 0 Å². The molecule has 0 fully saturated rings. The van der Waals surface area contributed by atoms with Crippen LogP contribution in [-0.2, 0) is 4.79 Å². The van der Waals surface area contributed by atoms with Crippen LogP contribution in [0.5, 0.6) is 5.75 Å². The third kappa shape index (κ3) is 5.71. The first-order chi connectivity index (χ1) is 8.74. The summed E-state index contributed by atoms with van der Waals surface area (Å²) in [6, 6.07) is 7.92. The number of nitrogens with one attached hydrogen (secondary N) is 1. The first-order valence-electron chi connectivity index (χ1n) is 6.69. The third-order valence-corrected chi connectivity index (χ3v) is 2.75. The topological polar surface area (TPSA) is 38.3 Å². The van der Waals surface area contributed by atoms with Crippen molar-refractivity contribution in [1.29, 1.82) is 0 Å². The highest BCUT2D eigenvalue weighted by Gasteiger charge is 2.01. The van der Waals surface area contributed by atoms with Crippen LogP contribution in [-0.4, -0.2) is 19.1 Å². The number of hydrogen-bond acceptors (Lipinski definition) is 2. The van der Waals surface area contributed by atoms with E-state index in [0.717, 1.165) is 37.1 Å². The first-order valence-corrected chi connectivity index (χ1v) is 6.69. The second-order valence-electron chi connectivity index (χ2n) is 4.42. The minimum absolute atomic E-state index is 0.122. The lowest BCUT2D eigenvalue weighted by atomic mass is 10.2. The normalized spacial score (nSPS) is 10.1. The maximum atomic E-state index is 11.4. The lowest BCUT2D eigenvalue weighted by Gasteiger charge is -2.08. The van der Waals surface area contributed by atoms with Crippen molar-refractivity contribution in [3.8, 4) is 5.75 Å². The summed E-state index contributed by atoms with van der Waals surface area (Å²) in [4.78, 5) is 11.4. The maximum absolute atomic E-state index is 11.4. The summed E-state index contributed by atoms with van der Waals surface area (Å²) in [6.45, 7) is 5.51. The van der Waals surface area contributed by atoms with E-state index in [1.54, 1.807) is 0 Å². The molecule has 3 heteroatoms. The molecule has 0 aliphatic carbocycles. The van der Waals surface area contributed by atoms with Gasteiger partial charge in [0.15, 0.2) is 0 Å². The van der Waals surface area contributed by atoms with E-state index in [-0.39, 0.29) is 5.91 Å². The van der Waals surface area contributed by atoms with Gasteiger partial charge in [-0.05, 0) is 31.4 Å². The Kier molecular flexibility index (Phi) is 6.92. The fourth-order valence-electron chi connectivity index (χ4n) is 1.63. The summed E-state index contributed by atoms with van der Waals surface area (Å²) in [7, 11) is 0. The number of para-hydroxylation sites is 1. The smallest absolute Gasteiger partial charge is 0.220 e. The van der Waals surface area contributed by atoms with Crippen molar-refractivity contribution in [2.45, 2.75) is 39.5 Å². The van der Waals surface area contributed by atoms with Gasteiger partial charge in [0.05, 0.1) is 6.61 Å². The van der Waals surface area contributed by atoms with Crippen LogP contribution in [0.1, 0.15) is 38.2 Å². The van der Waals surface area contributed by atoms with Crippen LogP contribution in [0.15, 0.2) is 24.3 Å². The largest absolute Gasteiger partial charge is 0.493 e. The number of hydrogen-bond donors (Lipinski definition) is 1. The summed E-state index contributed by atoms with van der Waals surface area (Å²) in [5.74, 6) is 1.03. The Morgan fingerprint density at radius 2 is 2.06 bits per heavy atom. The molecule has 1 amide bonds. The molecule has 0 saturated carbocycles. The zero-order valence-corrected chi connectivity index (χ0v) is 11.4. The molecule has 0 bridgehead atoms. The van der Waals surface area contributed by atoms with Gasteiger partial charge >= 0.3 is 0 Å². The summed E-state index contributed by atoms with van der Waals surface area (Å²) in [5, 5.41) is 2.90. The van der Waals surface area contributed by atoms with Crippen molar-refractivity contribution < 1.29 is 9.53 Å². The Morgan fingerprint density at radius 1 is 1.28 bits per heavy atom. The molecule has 0 heterocycles. The molecule has 0 unspecified atom stereocenters. The lowest BCUT2D eigenvalue weighted by molar-refractivity contribution is -0.121. The third-order valence-electron chi connectivity index (χ3n) is 2.75. The average molecular weight is 249 g/mol. The number of carbonyl (C=O) groups is 1. The standard InChI is InChI=1S/C15H23NO2/c1-3-4-11-16-15(17)10-7-12-18-14-9-6-5-8-13(14)2/h5-6,8-9H,3-4,7,10-12H2,1-2H3,(H,16,17). The number of carbonyl (C=O) groups excluding carboxylic acids is 1. The van der Waals surface area contributed by atoms with Crippen molar-refractivity contribution in [3.63, 3.8) is 0 Å². The monoisotopic (exact) mass is 249 g/mol. The lowest BCUT2D eigenvalue weighted by Crippen LogP contribution is -2.24. The SMILES string of the molecule is CCCCNC(=O)CCCOc1ccccc1C. The average Bonchev–Trinajstić information content (AvgIpc) is 2.37. The molecule has 1 N–H and O–H groups in total. The zero-order chi connectivity index (χ0) is 13.2. The fourth-order valence-corrected chi connectivity index (χ4v) is 1.63. The van der Waals surface area contributed by atoms with Gasteiger partial charge in [-0.2, -0.15) is 0 Å². The Morgan fingerprint density at radius 3 is 2.78 bits per heavy atom. The van der Waals surface area contributed by atoms with Gasteiger partial charge in [0.2, 0.25) is 5.91 Å². The minimum atomic E-state index is 0.122. The van der Waals surface area contributed by atoms with E-state index in [1.165, 1.54) is 0 Å². The molecular formula is C15H23NO2. The number of aryl methyl sites for hydroxylation is 1. The van der Waals surface area contributed by atoms with Crippen molar-refractivity contribution in [2.24, 2.45) is 0 Å². The highest BCUT2D eigenvalue weighted by atomic mass is 16.5. The first kappa shape index (κ1) is 14.6. The van der Waals surface area contributed by atoms with Crippen LogP contribution in [0.4, 0.5) is 0 Å². The molecule has 0 saturated heterocycles. The van der Waals surface area contributed by atoms with Crippen LogP contribution in [0, 0.1) is 6.92 Å². The van der Waals surface area contributed by atoms with E-state index < -0.39 is 0 Å². The highest BCUT2D eigenvalue weighted by molar-refractivity contribution is 5.75. The second-order valence-corrected chi connectivity index (χ2v) is 4.42. The Balaban J connectivity index is 2.12. The fraction of sp³-hybridized carbons (Fsp3) is 0.533. The molecule has 1 rings (SSSR count). The summed E-state index contributed by atoms with van der Waals surface area (Å²) in [5.41, 5.74) is 1.13. The Labute approximate surface area is 110 Å². The molecule has 18 heavy (non-hydrogen) atoms. The van der Waals surface area contributed by atoms with Gasteiger partial charge in [-0.15, -0.1) is 0 Å². The molecular weight excluding hydrogens is 226 g/mol. The van der Waals surface area contributed by atoms with E-state index in [2.05, 4.69) is 12.2 Å². The molecule has 0 aliphatic heterocycles. The summed E-state index contributed by atoms with van der Waals surface area (Å²) < 4.78 is 5.63. The molecule has 0 aromatic heterocycles. The summed E-state index contributed by atoms with van der Waals surface area (Å²) >= 11 is 0. The van der Waals surface area contributed by atoms with Crippen molar-refractivity contribution >= 4 is 5.91 Å². The quantitative estimate of drug-likeness (QED) is 0.719. The van der Waals surface area contributed by atoms with Crippen molar-refractivity contribution in [2.75, 3.05) is 13.2 Å². The number of unbranched alkanes of at least 4 members (excludes halogenated alkanes) is 1. The predicted octanol–water partition coefficient (Wildman–Crippen LogP) is 3.07. The summed E-state index contributed by atoms with van der Waals surface area (Å²) in [6.07, 6.45) is 3.45. The molecule has 3 nitrogen and oxygen atoms in total. The minimum Gasteiger partial charge on any atom is -0.493 e. The van der Waals surface area contributed by atoms with Crippen LogP contribution in [0.25, 0.3) is 0 Å². The van der Waals surface area contributed by atoms with Crippen molar-refractivity contribution in [1.82, 2.24) is 5.32 Å². The van der Waals surface area contributed by atoms with Crippen LogP contribution >= 0.6 is 0 Å². The van der Waals surface area contributed by atoms with Gasteiger partial charge < -0.3 is 10.1 Å². The molecule has 1 aromatic rings. The van der Waals surface area contributed by atoms with Gasteiger partial charge in [-0.3, -0.25) is 4.79 Å². The number of ether oxygens (including phenoxy) is 1. The van der Waals surface area contributed by atoms with E-state index in [1.807, 2.05) is 31.2 Å². The second kappa shape index (κ2) is 8.56. The number of amides is 1. The molecule has 100 valence electrons. The highest BCUT2D eigenvalue weighted by Crippen LogP contribution is 2.16. The maximum Gasteiger partial charge on any atom is 0.220 e. The Bertz CT molecular complexity index is 363. The van der Waals surface area contributed by atoms with Gasteiger partial charge in [0.1, 0.15) is 5.75 Å². The molecule has 1 aromatic carbocycles. The van der Waals surface area contributed by atoms with Gasteiger partial charge in [-0.25, -0.2) is 0 Å². The molecule has 0 atom stereocenters. The van der Waals surface area contributed by atoms with E-state index in [0.29, 0.717) is 13.0 Å². The van der Waals surface area contributed by atoms with Gasteiger partial charge in [-0.1, -0.05) is 31.5 Å². The number of rotatable bonds is 8. The van der Waals surface area contributed by atoms with Gasteiger partial charge in [0, 0.05) is 13.0 Å². The van der Waals surface area contributed by atoms with Crippen LogP contribution in [0.3, 0.4) is 0 Å². The van der Waals surface area contributed by atoms with Crippen LogP contribution < -0.4 is 10.1 Å². The molecule has 0 spiro atoms. The van der Waals surface area contributed by atoms with E-state index in [9.17, 15) is 4.79 Å². The zero-order valence-electron chi connectivity index (χ0n) is 11.4. The van der Waals surface area contributed by atoms with Crippen molar-refractivity contribution in [3.05, 3.63) is 29.8 Å². The predicted molar refractivity (Wildman–Crippen MR) is 73.8 cm³/mol. The Hall–Kier alpha value is -1.51. The van der Waals surface area contributed by atoms with E-state index in [4.69, 9.17) is 4.74 Å².